The molecule has 2 aliphatic heterocycles. The second-order valence-electron chi connectivity index (χ2n) is 8.25. The van der Waals surface area contributed by atoms with Crippen LogP contribution in [0.25, 0.3) is 0 Å². The molecular weight excluding hydrogens is 372 g/mol. The molecule has 29 heavy (non-hydrogen) atoms. The van der Waals surface area contributed by atoms with Gasteiger partial charge >= 0.3 is 6.09 Å². The average molecular weight is 411 g/mol. The largest absolute Gasteiger partial charge is 0.442 e. The number of carbonyl (C=O) groups is 2. The zero-order chi connectivity index (χ0) is 21.2. The number of amides is 2. The SMILES string of the molecule is CCCCC[C@@H]1O[C@H](C)[C@H](NC(=O)/C=C\[C@H](C)OC(=O)N2CCOCC2)C[C@@H]1C. The molecule has 0 aromatic rings. The first-order valence-electron chi connectivity index (χ1n) is 11.1. The molecule has 0 aliphatic carbocycles. The van der Waals surface area contributed by atoms with Gasteiger partial charge < -0.3 is 24.4 Å². The Morgan fingerprint density at radius 3 is 2.66 bits per heavy atom. The number of rotatable bonds is 8. The van der Waals surface area contributed by atoms with E-state index in [0.29, 0.717) is 32.2 Å². The smallest absolute Gasteiger partial charge is 0.410 e. The van der Waals surface area contributed by atoms with E-state index in [9.17, 15) is 9.59 Å². The number of unbranched alkanes of at least 4 members (excludes halogenated alkanes) is 2. The van der Waals surface area contributed by atoms with Gasteiger partial charge in [-0.3, -0.25) is 4.79 Å². The third-order valence-electron chi connectivity index (χ3n) is 5.71. The normalized spacial score (nSPS) is 28.9. The monoisotopic (exact) mass is 410 g/mol. The van der Waals surface area contributed by atoms with Crippen molar-refractivity contribution in [1.29, 1.82) is 0 Å². The van der Waals surface area contributed by atoms with E-state index in [1.54, 1.807) is 17.9 Å². The molecule has 0 bridgehead atoms. The molecule has 2 aliphatic rings. The van der Waals surface area contributed by atoms with Crippen LogP contribution in [0.2, 0.25) is 0 Å². The molecule has 2 fully saturated rings. The van der Waals surface area contributed by atoms with Crippen LogP contribution in [0.4, 0.5) is 4.79 Å². The van der Waals surface area contributed by atoms with E-state index in [0.717, 1.165) is 12.8 Å². The lowest BCUT2D eigenvalue weighted by Gasteiger charge is -2.39. The van der Waals surface area contributed by atoms with Crippen LogP contribution in [0.5, 0.6) is 0 Å². The summed E-state index contributed by atoms with van der Waals surface area (Å²) in [5.74, 6) is 0.238. The molecule has 2 rings (SSSR count). The Morgan fingerprint density at radius 1 is 1.24 bits per heavy atom. The third-order valence-corrected chi connectivity index (χ3v) is 5.71. The summed E-state index contributed by atoms with van der Waals surface area (Å²) in [6.07, 6.45) is 8.13. The lowest BCUT2D eigenvalue weighted by molar-refractivity contribution is -0.124. The minimum absolute atomic E-state index is 0.00391. The molecule has 0 aromatic carbocycles. The molecule has 1 N–H and O–H groups in total. The summed E-state index contributed by atoms with van der Waals surface area (Å²) >= 11 is 0. The Morgan fingerprint density at radius 2 is 1.97 bits per heavy atom. The third kappa shape index (κ3) is 7.97. The summed E-state index contributed by atoms with van der Waals surface area (Å²) in [7, 11) is 0. The van der Waals surface area contributed by atoms with Crippen molar-refractivity contribution < 1.29 is 23.8 Å². The Hall–Kier alpha value is -1.60. The van der Waals surface area contributed by atoms with Crippen molar-refractivity contribution in [2.24, 2.45) is 5.92 Å². The van der Waals surface area contributed by atoms with Crippen LogP contribution in [0.3, 0.4) is 0 Å². The van der Waals surface area contributed by atoms with E-state index in [1.807, 2.05) is 6.92 Å². The van der Waals surface area contributed by atoms with Gasteiger partial charge in [-0.2, -0.15) is 0 Å². The van der Waals surface area contributed by atoms with Crippen LogP contribution in [0.1, 0.15) is 59.8 Å². The molecule has 166 valence electrons. The number of morpholine rings is 1. The summed E-state index contributed by atoms with van der Waals surface area (Å²) < 4.78 is 16.8. The Balaban J connectivity index is 1.74. The van der Waals surface area contributed by atoms with Crippen LogP contribution >= 0.6 is 0 Å². The standard InChI is InChI=1S/C22H38N2O5/c1-5-6-7-8-20-16(2)15-19(18(4)29-20)23-21(25)10-9-17(3)28-22(26)24-11-13-27-14-12-24/h9-10,16-20H,5-8,11-15H2,1-4H3,(H,23,25)/b10-9-/t16-,17-,18+,19+,20-/m0/s1. The predicted octanol–water partition coefficient (Wildman–Crippen LogP) is 3.28. The van der Waals surface area contributed by atoms with Gasteiger partial charge in [-0.05, 0) is 38.7 Å². The zero-order valence-corrected chi connectivity index (χ0v) is 18.4. The van der Waals surface area contributed by atoms with Crippen molar-refractivity contribution in [3.05, 3.63) is 12.2 Å². The lowest BCUT2D eigenvalue weighted by atomic mass is 9.87. The highest BCUT2D eigenvalue weighted by Crippen LogP contribution is 2.28. The van der Waals surface area contributed by atoms with Crippen LogP contribution in [0, 0.1) is 5.92 Å². The molecular formula is C22H38N2O5. The average Bonchev–Trinajstić information content (AvgIpc) is 2.70. The summed E-state index contributed by atoms with van der Waals surface area (Å²) in [5, 5.41) is 3.04. The van der Waals surface area contributed by atoms with Crippen molar-refractivity contribution in [3.8, 4) is 0 Å². The van der Waals surface area contributed by atoms with Crippen molar-refractivity contribution in [2.45, 2.75) is 84.2 Å². The second kappa shape index (κ2) is 12.2. The number of carbonyl (C=O) groups excluding carboxylic acids is 2. The van der Waals surface area contributed by atoms with Gasteiger partial charge in [-0.1, -0.05) is 33.1 Å². The summed E-state index contributed by atoms with van der Waals surface area (Å²) in [6.45, 7) is 10.3. The number of nitrogens with one attached hydrogen (secondary N) is 1. The van der Waals surface area contributed by atoms with Gasteiger partial charge in [-0.25, -0.2) is 4.79 Å². The van der Waals surface area contributed by atoms with Crippen LogP contribution < -0.4 is 5.32 Å². The molecule has 7 nitrogen and oxygen atoms in total. The maximum Gasteiger partial charge on any atom is 0.410 e. The summed E-state index contributed by atoms with van der Waals surface area (Å²) in [4.78, 5) is 26.0. The van der Waals surface area contributed by atoms with Gasteiger partial charge in [0.05, 0.1) is 31.5 Å². The highest BCUT2D eigenvalue weighted by Gasteiger charge is 2.33. The second-order valence-corrected chi connectivity index (χ2v) is 8.25. The zero-order valence-electron chi connectivity index (χ0n) is 18.4. The Labute approximate surface area is 175 Å². The lowest BCUT2D eigenvalue weighted by Crippen LogP contribution is -2.50. The Kier molecular flexibility index (Phi) is 9.94. The molecule has 2 saturated heterocycles. The maximum absolute atomic E-state index is 12.3. The van der Waals surface area contributed by atoms with Gasteiger partial charge in [0.15, 0.2) is 0 Å². The number of hydrogen-bond donors (Lipinski definition) is 1. The molecule has 0 unspecified atom stereocenters. The van der Waals surface area contributed by atoms with E-state index in [4.69, 9.17) is 14.2 Å². The van der Waals surface area contributed by atoms with Gasteiger partial charge in [-0.15, -0.1) is 0 Å². The fourth-order valence-electron chi connectivity index (χ4n) is 3.85. The van der Waals surface area contributed by atoms with Crippen LogP contribution in [-0.4, -0.2) is 67.6 Å². The van der Waals surface area contributed by atoms with E-state index in [2.05, 4.69) is 19.2 Å². The fourth-order valence-corrected chi connectivity index (χ4v) is 3.85. The number of nitrogens with zero attached hydrogens (tertiary/aromatic N) is 1. The quantitative estimate of drug-likeness (QED) is 0.491. The first-order chi connectivity index (χ1) is 13.9. The fraction of sp³-hybridized carbons (Fsp3) is 0.818. The molecule has 2 amide bonds. The van der Waals surface area contributed by atoms with Gasteiger partial charge in [0.1, 0.15) is 6.10 Å². The highest BCUT2D eigenvalue weighted by molar-refractivity contribution is 5.87. The highest BCUT2D eigenvalue weighted by atomic mass is 16.6. The van der Waals surface area contributed by atoms with Gasteiger partial charge in [0.2, 0.25) is 5.91 Å². The number of hydrogen-bond acceptors (Lipinski definition) is 5. The van der Waals surface area contributed by atoms with Crippen molar-refractivity contribution >= 4 is 12.0 Å². The number of ether oxygens (including phenoxy) is 3. The van der Waals surface area contributed by atoms with E-state index < -0.39 is 6.10 Å². The van der Waals surface area contributed by atoms with Gasteiger partial charge in [0, 0.05) is 19.2 Å². The Bertz CT molecular complexity index is 547. The minimum atomic E-state index is -0.474. The van der Waals surface area contributed by atoms with E-state index in [1.165, 1.54) is 25.3 Å². The van der Waals surface area contributed by atoms with Crippen molar-refractivity contribution in [2.75, 3.05) is 26.3 Å². The van der Waals surface area contributed by atoms with Crippen molar-refractivity contribution in [3.63, 3.8) is 0 Å². The molecule has 2 heterocycles. The minimum Gasteiger partial charge on any atom is -0.442 e. The summed E-state index contributed by atoms with van der Waals surface area (Å²) in [6, 6.07) is -0.00391. The molecule has 7 heteroatoms. The molecule has 0 aromatic heterocycles. The first-order valence-corrected chi connectivity index (χ1v) is 11.1. The maximum atomic E-state index is 12.3. The van der Waals surface area contributed by atoms with Crippen LogP contribution in [0.15, 0.2) is 12.2 Å². The first kappa shape index (κ1) is 23.7. The van der Waals surface area contributed by atoms with Crippen LogP contribution in [-0.2, 0) is 19.0 Å². The van der Waals surface area contributed by atoms with E-state index in [-0.39, 0.29) is 30.3 Å². The molecule has 0 spiro atoms. The van der Waals surface area contributed by atoms with E-state index >= 15 is 0 Å². The molecule has 5 atom stereocenters. The summed E-state index contributed by atoms with van der Waals surface area (Å²) in [5.41, 5.74) is 0. The van der Waals surface area contributed by atoms with Crippen molar-refractivity contribution in [1.82, 2.24) is 10.2 Å². The van der Waals surface area contributed by atoms with Gasteiger partial charge in [0.25, 0.3) is 0 Å². The topological polar surface area (TPSA) is 77.1 Å². The molecule has 0 radical (unpaired) electrons. The molecule has 0 saturated carbocycles. The predicted molar refractivity (Wildman–Crippen MR) is 112 cm³/mol.